The molecule has 4 nitrogen and oxygen atoms in total. The lowest BCUT2D eigenvalue weighted by atomic mass is 10.1. The first-order chi connectivity index (χ1) is 15.7. The van der Waals surface area contributed by atoms with Crippen LogP contribution in [-0.4, -0.2) is 16.9 Å². The maximum absolute atomic E-state index is 13.4. The standard InChI is InChI=1S/C28H25N3O/c1-2-20-13-15-23(16-14-20)26-19-31-27(24(29-26)17-21-9-5-3-6-10-21)30-25(28(31)32)18-22-11-7-4-8-12-22/h3-16,19,25H,2,17-18H2,1H3/p+1. The molecule has 2 heterocycles. The zero-order valence-electron chi connectivity index (χ0n) is 18.2. The quantitative estimate of drug-likeness (QED) is 0.453. The van der Waals surface area contributed by atoms with Crippen LogP contribution in [0.25, 0.3) is 11.3 Å². The Labute approximate surface area is 188 Å². The number of nitrogens with zero attached hydrogens (tertiary/aromatic N) is 2. The molecule has 158 valence electrons. The van der Waals surface area contributed by atoms with Crippen LogP contribution in [0.4, 0.5) is 5.82 Å². The summed E-state index contributed by atoms with van der Waals surface area (Å²) in [6, 6.07) is 28.6. The molecule has 1 aliphatic rings. The summed E-state index contributed by atoms with van der Waals surface area (Å²) in [6.45, 7) is 2.15. The van der Waals surface area contributed by atoms with E-state index < -0.39 is 0 Å². The van der Waals surface area contributed by atoms with Crippen molar-refractivity contribution in [3.8, 4) is 11.3 Å². The van der Waals surface area contributed by atoms with Crippen molar-refractivity contribution < 1.29 is 9.36 Å². The number of nitrogens with one attached hydrogen (secondary N) is 1. The van der Waals surface area contributed by atoms with E-state index in [1.54, 1.807) is 4.57 Å². The third-order valence-electron chi connectivity index (χ3n) is 6.02. The number of anilines is 1. The maximum Gasteiger partial charge on any atom is 0.359 e. The second-order valence-electron chi connectivity index (χ2n) is 8.23. The van der Waals surface area contributed by atoms with E-state index >= 15 is 0 Å². The van der Waals surface area contributed by atoms with Crippen LogP contribution >= 0.6 is 0 Å². The highest BCUT2D eigenvalue weighted by Crippen LogP contribution is 2.25. The Balaban J connectivity index is 1.54. The van der Waals surface area contributed by atoms with Crippen LogP contribution in [0.3, 0.4) is 0 Å². The fraction of sp³-hybridized carbons (Fsp3) is 0.179. The van der Waals surface area contributed by atoms with E-state index in [0.29, 0.717) is 12.8 Å². The second-order valence-corrected chi connectivity index (χ2v) is 8.23. The first-order valence-corrected chi connectivity index (χ1v) is 11.1. The Hall–Kier alpha value is -3.79. The van der Waals surface area contributed by atoms with Gasteiger partial charge in [-0.2, -0.15) is 4.57 Å². The van der Waals surface area contributed by atoms with Gasteiger partial charge in [0.25, 0.3) is 0 Å². The minimum absolute atomic E-state index is 0.0620. The molecule has 3 aromatic carbocycles. The van der Waals surface area contributed by atoms with Crippen LogP contribution in [0.15, 0.2) is 91.1 Å². The minimum Gasteiger partial charge on any atom is -0.258 e. The SMILES string of the molecule is CCc1ccc(-c2c[n+]3c(c(Cc4ccccc4)n2)NC(Cc2ccccc2)C3=O)cc1. The lowest BCUT2D eigenvalue weighted by Crippen LogP contribution is -2.44. The van der Waals surface area contributed by atoms with Gasteiger partial charge < -0.3 is 0 Å². The third kappa shape index (κ3) is 4.04. The summed E-state index contributed by atoms with van der Waals surface area (Å²) < 4.78 is 1.77. The molecule has 0 saturated carbocycles. The summed E-state index contributed by atoms with van der Waals surface area (Å²) >= 11 is 0. The topological polar surface area (TPSA) is 45.9 Å². The fourth-order valence-electron chi connectivity index (χ4n) is 4.23. The Morgan fingerprint density at radius 3 is 2.16 bits per heavy atom. The Morgan fingerprint density at radius 1 is 0.844 bits per heavy atom. The molecule has 32 heavy (non-hydrogen) atoms. The smallest absolute Gasteiger partial charge is 0.258 e. The number of benzene rings is 3. The van der Waals surface area contributed by atoms with Gasteiger partial charge in [0.15, 0.2) is 6.04 Å². The number of aryl methyl sites for hydroxylation is 1. The van der Waals surface area contributed by atoms with Gasteiger partial charge in [-0.05, 0) is 23.1 Å². The summed E-state index contributed by atoms with van der Waals surface area (Å²) in [7, 11) is 0. The Kier molecular flexibility index (Phi) is 5.51. The average molecular weight is 421 g/mol. The van der Waals surface area contributed by atoms with Crippen molar-refractivity contribution in [1.82, 2.24) is 4.98 Å². The van der Waals surface area contributed by atoms with E-state index in [1.165, 1.54) is 11.1 Å². The molecular weight excluding hydrogens is 394 g/mol. The first kappa shape index (κ1) is 20.1. The predicted octanol–water partition coefficient (Wildman–Crippen LogP) is 4.87. The van der Waals surface area contributed by atoms with Crippen molar-refractivity contribution >= 4 is 11.7 Å². The van der Waals surface area contributed by atoms with Gasteiger partial charge in [-0.25, -0.2) is 9.78 Å². The molecule has 0 aliphatic carbocycles. The molecular formula is C28H26N3O+. The van der Waals surface area contributed by atoms with Gasteiger partial charge in [-0.1, -0.05) is 91.9 Å². The highest BCUT2D eigenvalue weighted by Gasteiger charge is 2.41. The number of carbonyl (C=O) groups excluding carboxylic acids is 1. The van der Waals surface area contributed by atoms with Crippen molar-refractivity contribution in [2.75, 3.05) is 5.32 Å². The van der Waals surface area contributed by atoms with Gasteiger partial charge in [0, 0.05) is 18.4 Å². The van der Waals surface area contributed by atoms with E-state index in [2.05, 4.69) is 60.8 Å². The highest BCUT2D eigenvalue weighted by atomic mass is 16.2. The van der Waals surface area contributed by atoms with Crippen LogP contribution in [0.2, 0.25) is 0 Å². The highest BCUT2D eigenvalue weighted by molar-refractivity contribution is 5.82. The van der Waals surface area contributed by atoms with Crippen LogP contribution in [0.1, 0.15) is 34.1 Å². The van der Waals surface area contributed by atoms with E-state index in [4.69, 9.17) is 4.98 Å². The second kappa shape index (κ2) is 8.75. The van der Waals surface area contributed by atoms with Gasteiger partial charge in [0.05, 0.1) is 0 Å². The summed E-state index contributed by atoms with van der Waals surface area (Å²) in [4.78, 5) is 18.4. The van der Waals surface area contributed by atoms with Crippen molar-refractivity contribution in [1.29, 1.82) is 0 Å². The van der Waals surface area contributed by atoms with E-state index in [9.17, 15) is 4.79 Å². The Morgan fingerprint density at radius 2 is 1.50 bits per heavy atom. The van der Waals surface area contributed by atoms with Crippen LogP contribution < -0.4 is 9.88 Å². The van der Waals surface area contributed by atoms with Crippen molar-refractivity contribution in [3.05, 3.63) is 114 Å². The number of hydrogen-bond donors (Lipinski definition) is 1. The maximum atomic E-state index is 13.4. The average Bonchev–Trinajstić information content (AvgIpc) is 3.16. The van der Waals surface area contributed by atoms with Crippen LogP contribution in [0.5, 0.6) is 0 Å². The predicted molar refractivity (Wildman–Crippen MR) is 127 cm³/mol. The normalized spacial score (nSPS) is 14.8. The molecule has 4 aromatic rings. The van der Waals surface area contributed by atoms with Crippen LogP contribution in [-0.2, 0) is 19.3 Å². The number of hydrogen-bond acceptors (Lipinski definition) is 3. The van der Waals surface area contributed by atoms with Gasteiger partial charge in [0.1, 0.15) is 17.6 Å². The van der Waals surface area contributed by atoms with Crippen molar-refractivity contribution in [2.45, 2.75) is 32.2 Å². The lowest BCUT2D eigenvalue weighted by molar-refractivity contribution is -0.552. The van der Waals surface area contributed by atoms with Crippen molar-refractivity contribution in [2.24, 2.45) is 0 Å². The molecule has 0 saturated heterocycles. The summed E-state index contributed by atoms with van der Waals surface area (Å²) in [5, 5.41) is 3.47. The van der Waals surface area contributed by atoms with Gasteiger partial charge in [0.2, 0.25) is 0 Å². The number of fused-ring (bicyclic) bond motifs is 1. The van der Waals surface area contributed by atoms with Gasteiger partial charge in [-0.3, -0.25) is 5.32 Å². The number of carbonyl (C=O) groups is 1. The number of aromatic nitrogens is 2. The Bertz CT molecular complexity index is 1240. The molecule has 0 amide bonds. The van der Waals surface area contributed by atoms with E-state index in [0.717, 1.165) is 34.8 Å². The lowest BCUT2D eigenvalue weighted by Gasteiger charge is -2.08. The van der Waals surface area contributed by atoms with Crippen molar-refractivity contribution in [3.63, 3.8) is 0 Å². The molecule has 0 radical (unpaired) electrons. The molecule has 1 unspecified atom stereocenters. The van der Waals surface area contributed by atoms with Gasteiger partial charge >= 0.3 is 11.7 Å². The van der Waals surface area contributed by atoms with E-state index in [-0.39, 0.29) is 11.9 Å². The largest absolute Gasteiger partial charge is 0.359 e. The molecule has 1 N–H and O–H groups in total. The summed E-state index contributed by atoms with van der Waals surface area (Å²) in [5.74, 6) is 0.862. The molecule has 1 atom stereocenters. The fourth-order valence-corrected chi connectivity index (χ4v) is 4.23. The van der Waals surface area contributed by atoms with E-state index in [1.807, 2.05) is 42.6 Å². The molecule has 4 heteroatoms. The summed E-state index contributed by atoms with van der Waals surface area (Å²) in [6.07, 6.45) is 4.18. The first-order valence-electron chi connectivity index (χ1n) is 11.1. The molecule has 5 rings (SSSR count). The zero-order chi connectivity index (χ0) is 21.9. The monoisotopic (exact) mass is 420 g/mol. The molecule has 0 bridgehead atoms. The van der Waals surface area contributed by atoms with Crippen LogP contribution in [0, 0.1) is 0 Å². The molecule has 1 aliphatic heterocycles. The molecule has 1 aromatic heterocycles. The summed E-state index contributed by atoms with van der Waals surface area (Å²) in [5.41, 5.74) is 6.32. The third-order valence-corrected chi connectivity index (χ3v) is 6.02. The minimum atomic E-state index is -0.300. The number of rotatable bonds is 6. The molecule has 0 spiro atoms. The molecule has 0 fully saturated rings. The zero-order valence-corrected chi connectivity index (χ0v) is 18.2. The van der Waals surface area contributed by atoms with Gasteiger partial charge in [-0.15, -0.1) is 0 Å².